The SMILES string of the molecule is C=C(C)c1cc(C(=O)Nc2c[nH]nc2-c2nc3cc(OC)c(OC)cc3[nH]2)n(C)n1. The van der Waals surface area contributed by atoms with Crippen LogP contribution in [0.3, 0.4) is 0 Å². The third-order valence-corrected chi connectivity index (χ3v) is 4.65. The summed E-state index contributed by atoms with van der Waals surface area (Å²) in [7, 11) is 4.84. The summed E-state index contributed by atoms with van der Waals surface area (Å²) < 4.78 is 12.2. The number of anilines is 1. The van der Waals surface area contributed by atoms with E-state index in [9.17, 15) is 4.79 Å². The number of imidazole rings is 1. The Hall–Kier alpha value is -4.08. The zero-order valence-corrected chi connectivity index (χ0v) is 17.0. The smallest absolute Gasteiger partial charge is 0.274 e. The van der Waals surface area contributed by atoms with Gasteiger partial charge in [-0.15, -0.1) is 0 Å². The third-order valence-electron chi connectivity index (χ3n) is 4.65. The molecule has 0 aliphatic carbocycles. The molecular formula is C20H21N7O3. The molecule has 154 valence electrons. The first-order valence-electron chi connectivity index (χ1n) is 9.08. The topological polar surface area (TPSA) is 123 Å². The summed E-state index contributed by atoms with van der Waals surface area (Å²) >= 11 is 0. The number of nitrogens with zero attached hydrogens (tertiary/aromatic N) is 4. The van der Waals surface area contributed by atoms with Crippen LogP contribution in [0.15, 0.2) is 31.0 Å². The number of carbonyl (C=O) groups excluding carboxylic acids is 1. The predicted octanol–water partition coefficient (Wildman–Crippen LogP) is 2.99. The van der Waals surface area contributed by atoms with E-state index in [1.54, 1.807) is 45.7 Å². The maximum absolute atomic E-state index is 12.8. The molecule has 10 nitrogen and oxygen atoms in total. The molecule has 0 fully saturated rings. The number of aryl methyl sites for hydroxylation is 1. The number of fused-ring (bicyclic) bond motifs is 1. The number of ether oxygens (including phenoxy) is 2. The second-order valence-corrected chi connectivity index (χ2v) is 6.73. The van der Waals surface area contributed by atoms with Crippen LogP contribution in [0.4, 0.5) is 5.69 Å². The number of hydrogen-bond donors (Lipinski definition) is 3. The maximum Gasteiger partial charge on any atom is 0.274 e. The molecule has 10 heteroatoms. The average Bonchev–Trinajstić information content (AvgIpc) is 3.43. The number of nitrogens with one attached hydrogen (secondary N) is 3. The zero-order valence-electron chi connectivity index (χ0n) is 17.0. The highest BCUT2D eigenvalue weighted by Gasteiger charge is 2.19. The highest BCUT2D eigenvalue weighted by Crippen LogP contribution is 2.33. The molecule has 0 bridgehead atoms. The number of aromatic nitrogens is 6. The van der Waals surface area contributed by atoms with Crippen molar-refractivity contribution >= 4 is 28.2 Å². The third kappa shape index (κ3) is 3.28. The number of aromatic amines is 2. The van der Waals surface area contributed by atoms with E-state index < -0.39 is 0 Å². The van der Waals surface area contributed by atoms with Gasteiger partial charge in [0.2, 0.25) is 0 Å². The van der Waals surface area contributed by atoms with Crippen LogP contribution in [0, 0.1) is 0 Å². The van der Waals surface area contributed by atoms with Crippen LogP contribution >= 0.6 is 0 Å². The zero-order chi connectivity index (χ0) is 21.4. The molecule has 0 aliphatic rings. The van der Waals surface area contributed by atoms with Crippen LogP contribution in [0.25, 0.3) is 28.1 Å². The number of rotatable bonds is 6. The van der Waals surface area contributed by atoms with Gasteiger partial charge in [-0.05, 0) is 18.6 Å². The molecule has 4 rings (SSSR count). The van der Waals surface area contributed by atoms with Crippen molar-refractivity contribution in [3.63, 3.8) is 0 Å². The molecule has 0 saturated carbocycles. The number of allylic oxidation sites excluding steroid dienone is 1. The van der Waals surface area contributed by atoms with Crippen LogP contribution in [0.5, 0.6) is 11.5 Å². The molecule has 1 amide bonds. The van der Waals surface area contributed by atoms with Crippen LogP contribution < -0.4 is 14.8 Å². The lowest BCUT2D eigenvalue weighted by Crippen LogP contribution is -2.16. The molecule has 1 aromatic carbocycles. The molecule has 0 unspecified atom stereocenters. The van der Waals surface area contributed by atoms with Gasteiger partial charge in [-0.25, -0.2) is 4.98 Å². The van der Waals surface area contributed by atoms with E-state index in [0.717, 1.165) is 11.1 Å². The Morgan fingerprint density at radius 3 is 2.60 bits per heavy atom. The maximum atomic E-state index is 12.8. The van der Waals surface area contributed by atoms with Crippen molar-refractivity contribution in [2.24, 2.45) is 7.05 Å². The number of amides is 1. The Balaban J connectivity index is 1.66. The Labute approximate surface area is 171 Å². The molecule has 3 aromatic heterocycles. The van der Waals surface area contributed by atoms with Gasteiger partial charge in [-0.3, -0.25) is 14.6 Å². The highest BCUT2D eigenvalue weighted by molar-refractivity contribution is 6.05. The van der Waals surface area contributed by atoms with Crippen molar-refractivity contribution < 1.29 is 14.3 Å². The minimum absolute atomic E-state index is 0.320. The van der Waals surface area contributed by atoms with E-state index in [4.69, 9.17) is 9.47 Å². The van der Waals surface area contributed by atoms with Crippen LogP contribution in [-0.4, -0.2) is 50.1 Å². The fourth-order valence-corrected chi connectivity index (χ4v) is 3.09. The van der Waals surface area contributed by atoms with Gasteiger partial charge in [-0.1, -0.05) is 6.58 Å². The second-order valence-electron chi connectivity index (χ2n) is 6.73. The Morgan fingerprint density at radius 2 is 1.93 bits per heavy atom. The van der Waals surface area contributed by atoms with Crippen molar-refractivity contribution in [3.05, 3.63) is 42.4 Å². The van der Waals surface area contributed by atoms with Crippen molar-refractivity contribution in [2.75, 3.05) is 19.5 Å². The van der Waals surface area contributed by atoms with Gasteiger partial charge in [0.15, 0.2) is 23.0 Å². The summed E-state index contributed by atoms with van der Waals surface area (Å²) in [5, 5.41) is 14.2. The summed E-state index contributed by atoms with van der Waals surface area (Å²) in [5.41, 5.74) is 4.23. The van der Waals surface area contributed by atoms with Gasteiger partial charge in [0.25, 0.3) is 5.91 Å². The Bertz CT molecular complexity index is 1220. The summed E-state index contributed by atoms with van der Waals surface area (Å²) in [4.78, 5) is 20.6. The Kier molecular flexibility index (Phi) is 4.74. The molecule has 3 heterocycles. The lowest BCUT2D eigenvalue weighted by atomic mass is 10.2. The van der Waals surface area contributed by atoms with Gasteiger partial charge in [0.05, 0.1) is 36.6 Å². The summed E-state index contributed by atoms with van der Waals surface area (Å²) in [6.07, 6.45) is 1.59. The van der Waals surface area contributed by atoms with E-state index >= 15 is 0 Å². The van der Waals surface area contributed by atoms with Crippen LogP contribution in [-0.2, 0) is 7.05 Å². The Morgan fingerprint density at radius 1 is 1.20 bits per heavy atom. The molecule has 0 spiro atoms. The fraction of sp³-hybridized carbons (Fsp3) is 0.200. The van der Waals surface area contributed by atoms with Crippen LogP contribution in [0.1, 0.15) is 23.1 Å². The number of carbonyl (C=O) groups is 1. The van der Waals surface area contributed by atoms with Gasteiger partial charge < -0.3 is 19.8 Å². The number of hydrogen-bond acceptors (Lipinski definition) is 6. The highest BCUT2D eigenvalue weighted by atomic mass is 16.5. The summed E-state index contributed by atoms with van der Waals surface area (Å²) in [6.45, 7) is 5.70. The van der Waals surface area contributed by atoms with Crippen LogP contribution in [0.2, 0.25) is 0 Å². The molecule has 30 heavy (non-hydrogen) atoms. The molecule has 4 aromatic rings. The van der Waals surface area contributed by atoms with E-state index in [-0.39, 0.29) is 5.91 Å². The van der Waals surface area contributed by atoms with Crippen molar-refractivity contribution in [3.8, 4) is 23.0 Å². The predicted molar refractivity (Wildman–Crippen MR) is 113 cm³/mol. The largest absolute Gasteiger partial charge is 0.493 e. The van der Waals surface area contributed by atoms with E-state index in [1.165, 1.54) is 4.68 Å². The number of benzene rings is 1. The fourth-order valence-electron chi connectivity index (χ4n) is 3.09. The standard InChI is InChI=1S/C20H21N7O3/c1-10(2)11-6-15(27(3)26-11)20(28)24-14-9-21-25-18(14)19-22-12-7-16(29-4)17(30-5)8-13(12)23-19/h6-9H,1H2,2-5H3,(H,21,25)(H,22,23)(H,24,28). The van der Waals surface area contributed by atoms with Gasteiger partial charge in [-0.2, -0.15) is 10.2 Å². The van der Waals surface area contributed by atoms with Gasteiger partial charge >= 0.3 is 0 Å². The van der Waals surface area contributed by atoms with Crippen molar-refractivity contribution in [1.82, 2.24) is 29.9 Å². The minimum atomic E-state index is -0.320. The van der Waals surface area contributed by atoms with E-state index in [0.29, 0.717) is 45.6 Å². The second kappa shape index (κ2) is 7.39. The minimum Gasteiger partial charge on any atom is -0.493 e. The van der Waals surface area contributed by atoms with E-state index in [1.807, 2.05) is 6.92 Å². The molecule has 0 atom stereocenters. The summed E-state index contributed by atoms with van der Waals surface area (Å²) in [5.74, 6) is 1.33. The normalized spacial score (nSPS) is 10.9. The first-order chi connectivity index (χ1) is 14.4. The molecule has 0 aliphatic heterocycles. The first-order valence-corrected chi connectivity index (χ1v) is 9.08. The molecule has 0 saturated heterocycles. The summed E-state index contributed by atoms with van der Waals surface area (Å²) in [6, 6.07) is 5.26. The number of methoxy groups -OCH3 is 2. The van der Waals surface area contributed by atoms with Gasteiger partial charge in [0, 0.05) is 25.4 Å². The quantitative estimate of drug-likeness (QED) is 0.452. The van der Waals surface area contributed by atoms with Crippen molar-refractivity contribution in [1.29, 1.82) is 0 Å². The first kappa shape index (κ1) is 19.2. The average molecular weight is 407 g/mol. The molecular weight excluding hydrogens is 386 g/mol. The van der Waals surface area contributed by atoms with Crippen molar-refractivity contribution in [2.45, 2.75) is 6.92 Å². The molecule has 0 radical (unpaired) electrons. The molecule has 3 N–H and O–H groups in total. The monoisotopic (exact) mass is 407 g/mol. The lowest BCUT2D eigenvalue weighted by Gasteiger charge is -2.06. The lowest BCUT2D eigenvalue weighted by molar-refractivity contribution is 0.101. The van der Waals surface area contributed by atoms with Gasteiger partial charge in [0.1, 0.15) is 5.69 Å². The number of H-pyrrole nitrogens is 2. The van der Waals surface area contributed by atoms with E-state index in [2.05, 4.69) is 37.2 Å².